The Morgan fingerprint density at radius 1 is 0.952 bits per heavy atom. The van der Waals surface area contributed by atoms with Crippen LogP contribution < -0.4 is 10.6 Å². The van der Waals surface area contributed by atoms with Crippen molar-refractivity contribution in [1.29, 1.82) is 0 Å². The van der Waals surface area contributed by atoms with Gasteiger partial charge in [-0.15, -0.1) is 0 Å². The van der Waals surface area contributed by atoms with Crippen molar-refractivity contribution in [1.82, 2.24) is 10.6 Å². The van der Waals surface area contributed by atoms with Crippen LogP contribution in [0.15, 0.2) is 24.3 Å². The van der Waals surface area contributed by atoms with Crippen molar-refractivity contribution in [2.75, 3.05) is 13.1 Å². The molecule has 0 saturated carbocycles. The molecule has 1 aromatic carbocycles. The summed E-state index contributed by atoms with van der Waals surface area (Å²) in [5, 5.41) is 5.63. The van der Waals surface area contributed by atoms with Crippen molar-refractivity contribution in [2.45, 2.75) is 46.0 Å². The van der Waals surface area contributed by atoms with E-state index in [1.54, 1.807) is 0 Å². The molecule has 0 saturated heterocycles. The summed E-state index contributed by atoms with van der Waals surface area (Å²) in [6.45, 7) is 9.24. The maximum Gasteiger partial charge on any atom is 0.251 e. The summed E-state index contributed by atoms with van der Waals surface area (Å²) < 4.78 is 0. The quantitative estimate of drug-likeness (QED) is 0.791. The fourth-order valence-electron chi connectivity index (χ4n) is 1.94. The van der Waals surface area contributed by atoms with Gasteiger partial charge in [0.1, 0.15) is 0 Å². The second kappa shape index (κ2) is 7.81. The predicted octanol–water partition coefficient (Wildman–Crippen LogP) is 2.63. The Morgan fingerprint density at radius 2 is 1.48 bits per heavy atom. The maximum atomic E-state index is 12.0. The van der Waals surface area contributed by atoms with Gasteiger partial charge in [0.15, 0.2) is 0 Å². The van der Waals surface area contributed by atoms with Gasteiger partial charge in [0.2, 0.25) is 5.91 Å². The smallest absolute Gasteiger partial charge is 0.251 e. The van der Waals surface area contributed by atoms with E-state index < -0.39 is 0 Å². The SMILES string of the molecule is CC(=O)NCCCCNC(=O)c1ccc(C(C)(C)C)cc1. The van der Waals surface area contributed by atoms with E-state index in [1.165, 1.54) is 12.5 Å². The lowest BCUT2D eigenvalue weighted by Gasteiger charge is -2.19. The lowest BCUT2D eigenvalue weighted by molar-refractivity contribution is -0.118. The van der Waals surface area contributed by atoms with Crippen molar-refractivity contribution < 1.29 is 9.59 Å². The minimum absolute atomic E-state index is 0.0158. The molecule has 0 bridgehead atoms. The molecule has 0 radical (unpaired) electrons. The lowest BCUT2D eigenvalue weighted by atomic mass is 9.87. The summed E-state index contributed by atoms with van der Waals surface area (Å²) in [4.78, 5) is 22.7. The minimum Gasteiger partial charge on any atom is -0.356 e. The highest BCUT2D eigenvalue weighted by atomic mass is 16.2. The first kappa shape index (κ1) is 17.2. The molecular formula is C17H26N2O2. The van der Waals surface area contributed by atoms with E-state index in [9.17, 15) is 9.59 Å². The van der Waals surface area contributed by atoms with Crippen molar-refractivity contribution in [3.8, 4) is 0 Å². The van der Waals surface area contributed by atoms with E-state index in [-0.39, 0.29) is 17.2 Å². The zero-order valence-electron chi connectivity index (χ0n) is 13.5. The number of benzene rings is 1. The third-order valence-corrected chi connectivity index (χ3v) is 3.28. The van der Waals surface area contributed by atoms with Gasteiger partial charge >= 0.3 is 0 Å². The first-order valence-corrected chi connectivity index (χ1v) is 7.44. The van der Waals surface area contributed by atoms with Gasteiger partial charge in [-0.2, -0.15) is 0 Å². The summed E-state index contributed by atoms with van der Waals surface area (Å²) in [5.41, 5.74) is 2.00. The van der Waals surface area contributed by atoms with E-state index in [2.05, 4.69) is 31.4 Å². The molecule has 1 rings (SSSR count). The van der Waals surface area contributed by atoms with Gasteiger partial charge in [0, 0.05) is 25.6 Å². The summed E-state index contributed by atoms with van der Waals surface area (Å²) in [5.74, 6) is -0.0621. The Kier molecular flexibility index (Phi) is 6.40. The predicted molar refractivity (Wildman–Crippen MR) is 85.4 cm³/mol. The summed E-state index contributed by atoms with van der Waals surface area (Å²) >= 11 is 0. The molecule has 0 heterocycles. The molecule has 0 fully saturated rings. The largest absolute Gasteiger partial charge is 0.356 e. The van der Waals surface area contributed by atoms with Crippen molar-refractivity contribution in [3.05, 3.63) is 35.4 Å². The van der Waals surface area contributed by atoms with Gasteiger partial charge < -0.3 is 10.6 Å². The Labute approximate surface area is 127 Å². The standard InChI is InChI=1S/C17H26N2O2/c1-13(20)18-11-5-6-12-19-16(21)14-7-9-15(10-8-14)17(2,3)4/h7-10H,5-6,11-12H2,1-4H3,(H,18,20)(H,19,21). The van der Waals surface area contributed by atoms with Gasteiger partial charge in [0.05, 0.1) is 0 Å². The first-order chi connectivity index (χ1) is 9.80. The molecule has 4 heteroatoms. The maximum absolute atomic E-state index is 12.0. The number of nitrogens with one attached hydrogen (secondary N) is 2. The molecule has 21 heavy (non-hydrogen) atoms. The third-order valence-electron chi connectivity index (χ3n) is 3.28. The molecular weight excluding hydrogens is 264 g/mol. The van der Waals surface area contributed by atoms with E-state index in [4.69, 9.17) is 0 Å². The second-order valence-electron chi connectivity index (χ2n) is 6.27. The Bertz CT molecular complexity index is 473. The number of unbranched alkanes of at least 4 members (excludes halogenated alkanes) is 1. The van der Waals surface area contributed by atoms with Crippen LogP contribution in [0, 0.1) is 0 Å². The molecule has 2 N–H and O–H groups in total. The number of amides is 2. The van der Waals surface area contributed by atoms with Crippen LogP contribution in [-0.2, 0) is 10.2 Å². The second-order valence-corrected chi connectivity index (χ2v) is 6.27. The van der Waals surface area contributed by atoms with Crippen molar-refractivity contribution in [3.63, 3.8) is 0 Å². The van der Waals surface area contributed by atoms with Gasteiger partial charge in [0.25, 0.3) is 5.91 Å². The van der Waals surface area contributed by atoms with Crippen LogP contribution >= 0.6 is 0 Å². The molecule has 4 nitrogen and oxygen atoms in total. The summed E-state index contributed by atoms with van der Waals surface area (Å²) in [7, 11) is 0. The molecule has 2 amide bonds. The molecule has 0 aromatic heterocycles. The highest BCUT2D eigenvalue weighted by Crippen LogP contribution is 2.22. The van der Waals surface area contributed by atoms with Crippen LogP contribution in [0.5, 0.6) is 0 Å². The van der Waals surface area contributed by atoms with E-state index in [0.29, 0.717) is 18.7 Å². The van der Waals surface area contributed by atoms with Crippen LogP contribution in [0.2, 0.25) is 0 Å². The minimum atomic E-state index is -0.0463. The zero-order valence-corrected chi connectivity index (χ0v) is 13.5. The molecule has 0 aliphatic carbocycles. The molecule has 1 aromatic rings. The van der Waals surface area contributed by atoms with Crippen molar-refractivity contribution >= 4 is 11.8 Å². The molecule has 0 spiro atoms. The topological polar surface area (TPSA) is 58.2 Å². The van der Waals surface area contributed by atoms with Crippen molar-refractivity contribution in [2.24, 2.45) is 0 Å². The van der Waals surface area contributed by atoms with E-state index in [0.717, 1.165) is 12.8 Å². The first-order valence-electron chi connectivity index (χ1n) is 7.44. The van der Waals surface area contributed by atoms with Gasteiger partial charge in [-0.1, -0.05) is 32.9 Å². The average molecular weight is 290 g/mol. The van der Waals surface area contributed by atoms with Crippen LogP contribution in [0.25, 0.3) is 0 Å². The highest BCUT2D eigenvalue weighted by Gasteiger charge is 2.14. The number of rotatable bonds is 6. The summed E-state index contributed by atoms with van der Waals surface area (Å²) in [6, 6.07) is 7.75. The number of carbonyl (C=O) groups excluding carboxylic acids is 2. The van der Waals surface area contributed by atoms with Gasteiger partial charge in [-0.05, 0) is 36.0 Å². The fourth-order valence-corrected chi connectivity index (χ4v) is 1.94. The van der Waals surface area contributed by atoms with Crippen LogP contribution in [0.4, 0.5) is 0 Å². The number of hydrogen-bond donors (Lipinski definition) is 2. The van der Waals surface area contributed by atoms with E-state index in [1.807, 2.05) is 24.3 Å². The third kappa shape index (κ3) is 6.43. The monoisotopic (exact) mass is 290 g/mol. The molecule has 116 valence electrons. The number of carbonyl (C=O) groups is 2. The van der Waals surface area contributed by atoms with Crippen LogP contribution in [0.1, 0.15) is 56.5 Å². The Morgan fingerprint density at radius 3 is 1.95 bits per heavy atom. The molecule has 0 aliphatic rings. The molecule has 0 atom stereocenters. The zero-order chi connectivity index (χ0) is 15.9. The van der Waals surface area contributed by atoms with Crippen LogP contribution in [0.3, 0.4) is 0 Å². The molecule has 0 aliphatic heterocycles. The number of hydrogen-bond acceptors (Lipinski definition) is 2. The summed E-state index contributed by atoms with van der Waals surface area (Å²) in [6.07, 6.45) is 1.72. The Balaban J connectivity index is 2.34. The normalized spacial score (nSPS) is 11.0. The van der Waals surface area contributed by atoms with Gasteiger partial charge in [-0.25, -0.2) is 0 Å². The fraction of sp³-hybridized carbons (Fsp3) is 0.529. The van der Waals surface area contributed by atoms with E-state index >= 15 is 0 Å². The van der Waals surface area contributed by atoms with Gasteiger partial charge in [-0.3, -0.25) is 9.59 Å². The lowest BCUT2D eigenvalue weighted by Crippen LogP contribution is -2.26. The highest BCUT2D eigenvalue weighted by molar-refractivity contribution is 5.94. The Hall–Kier alpha value is -1.84. The average Bonchev–Trinajstić information content (AvgIpc) is 2.41. The molecule has 0 unspecified atom stereocenters. The van der Waals surface area contributed by atoms with Crippen LogP contribution in [-0.4, -0.2) is 24.9 Å².